The Hall–Kier alpha value is -0.980. The van der Waals surface area contributed by atoms with Gasteiger partial charge in [-0.1, -0.05) is 43.7 Å². The van der Waals surface area contributed by atoms with Gasteiger partial charge in [-0.3, -0.25) is 0 Å². The van der Waals surface area contributed by atoms with Gasteiger partial charge in [-0.2, -0.15) is 0 Å². The molecule has 0 saturated carbocycles. The molecule has 0 atom stereocenters. The number of hydrogen-bond acceptors (Lipinski definition) is 4. The minimum absolute atomic E-state index is 0.0938. The Labute approximate surface area is 127 Å². The van der Waals surface area contributed by atoms with Crippen molar-refractivity contribution in [3.8, 4) is 0 Å². The number of rotatable bonds is 7. The molecule has 1 aromatic rings. The summed E-state index contributed by atoms with van der Waals surface area (Å²) in [4.78, 5) is 0. The molecule has 0 aliphatic rings. The number of ether oxygens (including phenoxy) is 1. The highest BCUT2D eigenvalue weighted by molar-refractivity contribution is 5.13. The Morgan fingerprint density at radius 1 is 1.10 bits per heavy atom. The zero-order valence-electron chi connectivity index (χ0n) is 13.1. The molecule has 0 fully saturated rings. The lowest BCUT2D eigenvalue weighted by atomic mass is 10.2. The molecule has 1 aromatic carbocycles. The molecule has 5 heteroatoms. The molecular formula is C16H29O5. The van der Waals surface area contributed by atoms with Crippen LogP contribution in [0, 0.1) is 0 Å². The van der Waals surface area contributed by atoms with Gasteiger partial charge in [-0.15, -0.1) is 0 Å². The highest BCUT2D eigenvalue weighted by atomic mass is 16.5. The Kier molecular flexibility index (Phi) is 20.2. The molecule has 3 N–H and O–H groups in total. The van der Waals surface area contributed by atoms with Gasteiger partial charge in [-0.05, 0) is 18.9 Å². The molecule has 0 bridgehead atoms. The highest BCUT2D eigenvalue weighted by Gasteiger charge is 1.93. The van der Waals surface area contributed by atoms with Gasteiger partial charge in [0.2, 0.25) is 0 Å². The van der Waals surface area contributed by atoms with Crippen LogP contribution in [-0.4, -0.2) is 47.9 Å². The van der Waals surface area contributed by atoms with Crippen molar-refractivity contribution in [3.05, 3.63) is 35.9 Å². The third-order valence-corrected chi connectivity index (χ3v) is 2.24. The fourth-order valence-corrected chi connectivity index (χ4v) is 0.996. The first-order valence-corrected chi connectivity index (χ1v) is 7.25. The smallest absolute Gasteiger partial charge is 0.100 e. The average Bonchev–Trinajstić information content (AvgIpc) is 2.55. The molecule has 0 aliphatic heterocycles. The predicted molar refractivity (Wildman–Crippen MR) is 82.4 cm³/mol. The van der Waals surface area contributed by atoms with E-state index in [0.717, 1.165) is 26.1 Å². The third-order valence-electron chi connectivity index (χ3n) is 2.24. The molecule has 0 spiro atoms. The van der Waals surface area contributed by atoms with Gasteiger partial charge < -0.3 is 20.1 Å². The molecular weight excluding hydrogens is 272 g/mol. The lowest BCUT2D eigenvalue weighted by Gasteiger charge is -1.98. The maximum Gasteiger partial charge on any atom is 0.100 e. The molecule has 5 nitrogen and oxygen atoms in total. The van der Waals surface area contributed by atoms with Crippen molar-refractivity contribution in [2.45, 2.75) is 39.4 Å². The second kappa shape index (κ2) is 19.0. The van der Waals surface area contributed by atoms with Crippen LogP contribution in [0.3, 0.4) is 0 Å². The number of unbranched alkanes of at least 4 members (excludes halogenated alkanes) is 1. The molecule has 1 rings (SSSR count). The summed E-state index contributed by atoms with van der Waals surface area (Å²) in [6, 6.07) is 10.2. The highest BCUT2D eigenvalue weighted by Crippen LogP contribution is 1.99. The van der Waals surface area contributed by atoms with Crippen molar-refractivity contribution < 1.29 is 25.2 Å². The number of aliphatic hydroxyl groups excluding tert-OH is 3. The predicted octanol–water partition coefficient (Wildman–Crippen LogP) is 1.77. The summed E-state index contributed by atoms with van der Waals surface area (Å²) in [6.45, 7) is 4.90. The fraction of sp³-hybridized carbons (Fsp3) is 0.625. The first-order chi connectivity index (χ1) is 10.2. The Balaban J connectivity index is 0. The average molecular weight is 301 g/mol. The minimum Gasteiger partial charge on any atom is -0.394 e. The van der Waals surface area contributed by atoms with E-state index in [1.165, 1.54) is 5.56 Å². The van der Waals surface area contributed by atoms with E-state index in [4.69, 9.17) is 20.1 Å². The molecule has 1 radical (unpaired) electrons. The minimum atomic E-state index is -0.954. The molecule has 0 saturated heterocycles. The van der Waals surface area contributed by atoms with Gasteiger partial charge in [0.1, 0.15) is 6.10 Å². The van der Waals surface area contributed by atoms with Crippen molar-refractivity contribution in [1.29, 1.82) is 0 Å². The van der Waals surface area contributed by atoms with Crippen LogP contribution >= 0.6 is 0 Å². The maximum absolute atomic E-state index is 9.53. The number of hydrogen-bond donors (Lipinski definition) is 3. The molecule has 21 heavy (non-hydrogen) atoms. The van der Waals surface area contributed by atoms with E-state index < -0.39 is 6.10 Å². The van der Waals surface area contributed by atoms with E-state index in [9.17, 15) is 5.11 Å². The van der Waals surface area contributed by atoms with E-state index >= 15 is 0 Å². The summed E-state index contributed by atoms with van der Waals surface area (Å²) in [5.41, 5.74) is 1.24. The first kappa shape index (κ1) is 22.3. The lowest BCUT2D eigenvalue weighted by molar-refractivity contribution is 0.0450. The van der Waals surface area contributed by atoms with Crippen molar-refractivity contribution in [2.75, 3.05) is 26.4 Å². The van der Waals surface area contributed by atoms with Crippen LogP contribution in [-0.2, 0) is 16.5 Å². The Morgan fingerprint density at radius 3 is 1.95 bits per heavy atom. The van der Waals surface area contributed by atoms with E-state index in [1.54, 1.807) is 0 Å². The van der Waals surface area contributed by atoms with Crippen molar-refractivity contribution in [1.82, 2.24) is 0 Å². The topological polar surface area (TPSA) is 89.8 Å². The summed E-state index contributed by atoms with van der Waals surface area (Å²) < 4.78 is 5.22. The van der Waals surface area contributed by atoms with Crippen LogP contribution in [0.2, 0.25) is 0 Å². The van der Waals surface area contributed by atoms with Crippen LogP contribution in [0.1, 0.15) is 32.3 Å². The number of benzene rings is 1. The Bertz CT molecular complexity index is 273. The zero-order chi connectivity index (χ0) is 16.3. The van der Waals surface area contributed by atoms with Gasteiger partial charge in [0, 0.05) is 6.61 Å². The summed E-state index contributed by atoms with van der Waals surface area (Å²) >= 11 is 0. The SMILES string of the molecule is CCCC[O].CCOCc1ccccc1.OCC(O)CO. The monoisotopic (exact) mass is 301 g/mol. The second-order valence-electron chi connectivity index (χ2n) is 4.20. The first-order valence-electron chi connectivity index (χ1n) is 7.25. The number of aliphatic hydroxyl groups is 3. The summed E-state index contributed by atoms with van der Waals surface area (Å²) in [6.07, 6.45) is 0.911. The molecule has 123 valence electrons. The summed E-state index contributed by atoms with van der Waals surface area (Å²) in [7, 11) is 0. The van der Waals surface area contributed by atoms with E-state index in [0.29, 0.717) is 0 Å². The standard InChI is InChI=1S/C9H12O.C4H9O.C3H8O3/c1-2-10-8-9-6-4-3-5-7-9;1-2-3-4-5;4-1-3(6)2-5/h3-7H,2,8H2,1H3;2-4H2,1H3;3-6H,1-2H2. The van der Waals surface area contributed by atoms with Crippen LogP contribution < -0.4 is 0 Å². The van der Waals surface area contributed by atoms with E-state index in [2.05, 4.69) is 12.1 Å². The molecule has 0 aliphatic carbocycles. The van der Waals surface area contributed by atoms with Gasteiger partial charge in [0.05, 0.1) is 26.4 Å². The van der Waals surface area contributed by atoms with Gasteiger partial charge in [0.15, 0.2) is 0 Å². The summed E-state index contributed by atoms with van der Waals surface area (Å²) in [5, 5.41) is 33.5. The molecule has 0 unspecified atom stereocenters. The van der Waals surface area contributed by atoms with Gasteiger partial charge in [-0.25, -0.2) is 5.11 Å². The normalized spacial score (nSPS) is 9.48. The second-order valence-corrected chi connectivity index (χ2v) is 4.20. The van der Waals surface area contributed by atoms with Crippen LogP contribution in [0.4, 0.5) is 0 Å². The quantitative estimate of drug-likeness (QED) is 0.716. The van der Waals surface area contributed by atoms with E-state index in [-0.39, 0.29) is 19.8 Å². The zero-order valence-corrected chi connectivity index (χ0v) is 13.1. The molecule has 0 amide bonds. The van der Waals surface area contributed by atoms with Crippen molar-refractivity contribution in [3.63, 3.8) is 0 Å². The van der Waals surface area contributed by atoms with Crippen molar-refractivity contribution >= 4 is 0 Å². The van der Waals surface area contributed by atoms with Crippen LogP contribution in [0.25, 0.3) is 0 Å². The Morgan fingerprint density at radius 2 is 1.67 bits per heavy atom. The fourth-order valence-electron chi connectivity index (χ4n) is 0.996. The third kappa shape index (κ3) is 19.0. The van der Waals surface area contributed by atoms with Crippen LogP contribution in [0.5, 0.6) is 0 Å². The van der Waals surface area contributed by atoms with Crippen molar-refractivity contribution in [2.24, 2.45) is 0 Å². The van der Waals surface area contributed by atoms with E-state index in [1.807, 2.05) is 32.0 Å². The van der Waals surface area contributed by atoms with Gasteiger partial charge in [0.25, 0.3) is 0 Å². The molecule has 0 heterocycles. The molecule has 0 aromatic heterocycles. The van der Waals surface area contributed by atoms with Gasteiger partial charge >= 0.3 is 0 Å². The largest absolute Gasteiger partial charge is 0.394 e. The lowest BCUT2D eigenvalue weighted by Crippen LogP contribution is -2.15. The van der Waals surface area contributed by atoms with Crippen LogP contribution in [0.15, 0.2) is 30.3 Å². The summed E-state index contributed by atoms with van der Waals surface area (Å²) in [5.74, 6) is 0. The maximum atomic E-state index is 9.53.